The Bertz CT molecular complexity index is 781. The fourth-order valence-corrected chi connectivity index (χ4v) is 1.99. The summed E-state index contributed by atoms with van der Waals surface area (Å²) in [6.07, 6.45) is 1.33. The van der Waals surface area contributed by atoms with Gasteiger partial charge in [0.1, 0.15) is 23.2 Å². The molecule has 1 amide bonds. The van der Waals surface area contributed by atoms with Crippen LogP contribution in [0.1, 0.15) is 11.1 Å². The highest BCUT2D eigenvalue weighted by molar-refractivity contribution is 6.19. The number of carbonyl (C=O) groups excluding carboxylic acids is 1. The van der Waals surface area contributed by atoms with Gasteiger partial charge in [0.2, 0.25) is 0 Å². The molecule has 0 unspecified atom stereocenters. The minimum Gasteiger partial charge on any atom is -0.305 e. The topological polar surface area (TPSA) is 41.5 Å². The zero-order valence-corrected chi connectivity index (χ0v) is 10.8. The van der Waals surface area contributed by atoms with E-state index >= 15 is 0 Å². The van der Waals surface area contributed by atoms with E-state index in [4.69, 9.17) is 0 Å². The molecule has 0 saturated heterocycles. The molecule has 0 aliphatic carbocycles. The Morgan fingerprint density at radius 2 is 1.62 bits per heavy atom. The number of nitrogens with zero attached hydrogens (tertiary/aromatic N) is 1. The molecule has 0 saturated carbocycles. The Morgan fingerprint density at radius 3 is 2.33 bits per heavy atom. The first-order chi connectivity index (χ1) is 10.1. The standard InChI is InChI=1S/C16H10F2N2O/c17-12-7-3-1-5-10(12)9-14-16(21)20-15(19-14)11-6-2-4-8-13(11)18/h1-9H,(H,19,20,21)/b14-9-. The molecule has 104 valence electrons. The summed E-state index contributed by atoms with van der Waals surface area (Å²) in [5, 5.41) is 2.48. The van der Waals surface area contributed by atoms with E-state index in [2.05, 4.69) is 10.3 Å². The van der Waals surface area contributed by atoms with E-state index in [0.717, 1.165) is 0 Å². The Labute approximate surface area is 119 Å². The largest absolute Gasteiger partial charge is 0.305 e. The van der Waals surface area contributed by atoms with Gasteiger partial charge in [-0.3, -0.25) is 4.79 Å². The summed E-state index contributed by atoms with van der Waals surface area (Å²) in [6.45, 7) is 0. The Kier molecular flexibility index (Phi) is 3.31. The van der Waals surface area contributed by atoms with Crippen LogP contribution in [0.4, 0.5) is 8.78 Å². The predicted molar refractivity (Wildman–Crippen MR) is 75.5 cm³/mol. The number of aliphatic imine (C=N–C) groups is 1. The van der Waals surface area contributed by atoms with Gasteiger partial charge in [-0.05, 0) is 24.3 Å². The van der Waals surface area contributed by atoms with Crippen LogP contribution in [0, 0.1) is 11.6 Å². The third-order valence-corrected chi connectivity index (χ3v) is 3.02. The van der Waals surface area contributed by atoms with Gasteiger partial charge >= 0.3 is 0 Å². The number of rotatable bonds is 2. The number of hydrogen-bond acceptors (Lipinski definition) is 2. The lowest BCUT2D eigenvalue weighted by atomic mass is 10.2. The van der Waals surface area contributed by atoms with E-state index in [-0.39, 0.29) is 22.7 Å². The molecule has 1 N–H and O–H groups in total. The quantitative estimate of drug-likeness (QED) is 0.846. The maximum atomic E-state index is 13.7. The van der Waals surface area contributed by atoms with Crippen LogP contribution in [-0.4, -0.2) is 11.7 Å². The maximum Gasteiger partial charge on any atom is 0.275 e. The second-order valence-electron chi connectivity index (χ2n) is 4.45. The minimum atomic E-state index is -0.489. The van der Waals surface area contributed by atoms with Crippen LogP contribution in [0.2, 0.25) is 0 Å². The predicted octanol–water partition coefficient (Wildman–Crippen LogP) is 2.88. The van der Waals surface area contributed by atoms with Gasteiger partial charge in [0.25, 0.3) is 5.91 Å². The van der Waals surface area contributed by atoms with Crippen molar-refractivity contribution in [1.82, 2.24) is 5.32 Å². The van der Waals surface area contributed by atoms with E-state index < -0.39 is 17.5 Å². The van der Waals surface area contributed by atoms with Crippen molar-refractivity contribution < 1.29 is 13.6 Å². The minimum absolute atomic E-state index is 0.0401. The summed E-state index contributed by atoms with van der Waals surface area (Å²) in [7, 11) is 0. The van der Waals surface area contributed by atoms with Crippen molar-refractivity contribution in [2.24, 2.45) is 4.99 Å². The average molecular weight is 284 g/mol. The van der Waals surface area contributed by atoms with E-state index in [1.165, 1.54) is 30.3 Å². The summed E-state index contributed by atoms with van der Waals surface area (Å²) in [5.74, 6) is -1.30. The molecule has 0 atom stereocenters. The second kappa shape index (κ2) is 5.28. The SMILES string of the molecule is O=C1NC(c2ccccc2F)=N/C1=C\c1ccccc1F. The van der Waals surface area contributed by atoms with Gasteiger partial charge in [0, 0.05) is 5.56 Å². The molecular formula is C16H10F2N2O. The molecule has 1 aliphatic rings. The van der Waals surface area contributed by atoms with Crippen LogP contribution in [0.5, 0.6) is 0 Å². The normalized spacial score (nSPS) is 16.0. The van der Waals surface area contributed by atoms with E-state index in [1.54, 1.807) is 24.3 Å². The van der Waals surface area contributed by atoms with Crippen LogP contribution in [0.25, 0.3) is 6.08 Å². The molecule has 1 heterocycles. The first kappa shape index (κ1) is 13.2. The Hall–Kier alpha value is -2.82. The van der Waals surface area contributed by atoms with E-state index in [9.17, 15) is 13.6 Å². The molecule has 3 nitrogen and oxygen atoms in total. The van der Waals surface area contributed by atoms with Crippen molar-refractivity contribution >= 4 is 17.8 Å². The van der Waals surface area contributed by atoms with Gasteiger partial charge < -0.3 is 5.32 Å². The van der Waals surface area contributed by atoms with Crippen molar-refractivity contribution in [3.8, 4) is 0 Å². The summed E-state index contributed by atoms with van der Waals surface area (Å²) >= 11 is 0. The van der Waals surface area contributed by atoms with Gasteiger partial charge in [-0.2, -0.15) is 0 Å². The van der Waals surface area contributed by atoms with Gasteiger partial charge in [-0.15, -0.1) is 0 Å². The number of nitrogens with one attached hydrogen (secondary N) is 1. The fraction of sp³-hybridized carbons (Fsp3) is 0. The molecule has 21 heavy (non-hydrogen) atoms. The molecule has 5 heteroatoms. The Morgan fingerprint density at radius 1 is 0.952 bits per heavy atom. The highest BCUT2D eigenvalue weighted by Gasteiger charge is 2.23. The Balaban J connectivity index is 2.00. The van der Waals surface area contributed by atoms with Crippen molar-refractivity contribution in [2.75, 3.05) is 0 Å². The summed E-state index contributed by atoms with van der Waals surface area (Å²) < 4.78 is 27.2. The van der Waals surface area contributed by atoms with Crippen LogP contribution in [0.3, 0.4) is 0 Å². The number of benzene rings is 2. The molecule has 0 bridgehead atoms. The summed E-state index contributed by atoms with van der Waals surface area (Å²) in [6, 6.07) is 12.0. The first-order valence-electron chi connectivity index (χ1n) is 6.26. The lowest BCUT2D eigenvalue weighted by molar-refractivity contribution is -0.115. The first-order valence-corrected chi connectivity index (χ1v) is 6.26. The molecule has 0 spiro atoms. The molecule has 0 radical (unpaired) electrons. The number of amides is 1. The van der Waals surface area contributed by atoms with Gasteiger partial charge in [-0.25, -0.2) is 13.8 Å². The molecule has 3 rings (SSSR count). The highest BCUT2D eigenvalue weighted by Crippen LogP contribution is 2.18. The molecular weight excluding hydrogens is 274 g/mol. The molecule has 2 aromatic carbocycles. The summed E-state index contributed by atoms with van der Waals surface area (Å²) in [4.78, 5) is 15.9. The van der Waals surface area contributed by atoms with E-state index in [1.807, 2.05) is 0 Å². The highest BCUT2D eigenvalue weighted by atomic mass is 19.1. The smallest absolute Gasteiger partial charge is 0.275 e. The van der Waals surface area contributed by atoms with Crippen molar-refractivity contribution in [3.63, 3.8) is 0 Å². The second-order valence-corrected chi connectivity index (χ2v) is 4.45. The lowest BCUT2D eigenvalue weighted by Gasteiger charge is -2.00. The van der Waals surface area contributed by atoms with Crippen LogP contribution < -0.4 is 5.32 Å². The molecule has 0 fully saturated rings. The van der Waals surface area contributed by atoms with Gasteiger partial charge in [0.15, 0.2) is 0 Å². The number of halogens is 2. The number of carbonyl (C=O) groups is 1. The maximum absolute atomic E-state index is 13.7. The van der Waals surface area contributed by atoms with Crippen molar-refractivity contribution in [2.45, 2.75) is 0 Å². The van der Waals surface area contributed by atoms with Crippen molar-refractivity contribution in [1.29, 1.82) is 0 Å². The molecule has 0 aromatic heterocycles. The average Bonchev–Trinajstić information content (AvgIpc) is 2.83. The zero-order valence-electron chi connectivity index (χ0n) is 10.8. The molecule has 1 aliphatic heterocycles. The lowest BCUT2D eigenvalue weighted by Crippen LogP contribution is -2.25. The third kappa shape index (κ3) is 2.58. The van der Waals surface area contributed by atoms with Crippen LogP contribution in [-0.2, 0) is 4.79 Å². The van der Waals surface area contributed by atoms with Crippen LogP contribution >= 0.6 is 0 Å². The zero-order chi connectivity index (χ0) is 14.8. The van der Waals surface area contributed by atoms with Gasteiger partial charge in [0.05, 0.1) is 5.56 Å². The monoisotopic (exact) mass is 284 g/mol. The number of hydrogen-bond donors (Lipinski definition) is 1. The fourth-order valence-electron chi connectivity index (χ4n) is 1.99. The van der Waals surface area contributed by atoms with Gasteiger partial charge in [-0.1, -0.05) is 30.3 Å². The third-order valence-electron chi connectivity index (χ3n) is 3.02. The van der Waals surface area contributed by atoms with E-state index in [0.29, 0.717) is 0 Å². The van der Waals surface area contributed by atoms with Crippen molar-refractivity contribution in [3.05, 3.63) is 77.0 Å². The van der Waals surface area contributed by atoms with Crippen LogP contribution in [0.15, 0.2) is 59.2 Å². The number of amidine groups is 1. The summed E-state index contributed by atoms with van der Waals surface area (Å²) in [5.41, 5.74) is 0.488. The molecule has 2 aromatic rings.